The number of hydrogen-bond donors (Lipinski definition) is 1. The molecule has 17 heavy (non-hydrogen) atoms. The van der Waals surface area contributed by atoms with Crippen molar-refractivity contribution in [1.82, 2.24) is 0 Å². The van der Waals surface area contributed by atoms with E-state index in [4.69, 9.17) is 10.5 Å². The van der Waals surface area contributed by atoms with Gasteiger partial charge in [0.15, 0.2) is 0 Å². The number of fused-ring (bicyclic) bond motifs is 1. The Morgan fingerprint density at radius 1 is 1.29 bits per heavy atom. The van der Waals surface area contributed by atoms with Gasteiger partial charge in [-0.25, -0.2) is 0 Å². The van der Waals surface area contributed by atoms with Crippen molar-refractivity contribution >= 4 is 0 Å². The van der Waals surface area contributed by atoms with E-state index in [1.54, 1.807) is 0 Å². The van der Waals surface area contributed by atoms with E-state index in [-0.39, 0.29) is 5.54 Å². The molecule has 1 aliphatic carbocycles. The summed E-state index contributed by atoms with van der Waals surface area (Å²) in [5.41, 5.74) is 9.47. The number of benzene rings is 1. The summed E-state index contributed by atoms with van der Waals surface area (Å²) in [5.74, 6) is 0. The lowest BCUT2D eigenvalue weighted by Gasteiger charge is -2.36. The molecule has 92 valence electrons. The first-order chi connectivity index (χ1) is 8.25. The minimum absolute atomic E-state index is 0.0383. The molecule has 2 atom stereocenters. The molecule has 1 saturated heterocycles. The van der Waals surface area contributed by atoms with Gasteiger partial charge in [0.25, 0.3) is 0 Å². The number of hydrogen-bond acceptors (Lipinski definition) is 2. The van der Waals surface area contributed by atoms with Crippen LogP contribution in [0.2, 0.25) is 0 Å². The summed E-state index contributed by atoms with van der Waals surface area (Å²) < 4.78 is 5.73. The Labute approximate surface area is 103 Å². The lowest BCUT2D eigenvalue weighted by Crippen LogP contribution is -2.47. The van der Waals surface area contributed by atoms with E-state index in [2.05, 4.69) is 24.3 Å². The molecule has 0 saturated carbocycles. The van der Waals surface area contributed by atoms with Crippen LogP contribution >= 0.6 is 0 Å². The number of nitrogens with two attached hydrogens (primary N) is 1. The molecule has 0 radical (unpaired) electrons. The van der Waals surface area contributed by atoms with Crippen molar-refractivity contribution in [2.45, 2.75) is 50.2 Å². The van der Waals surface area contributed by atoms with Gasteiger partial charge >= 0.3 is 0 Å². The molecule has 0 aromatic heterocycles. The van der Waals surface area contributed by atoms with Crippen LogP contribution in [0.15, 0.2) is 24.3 Å². The van der Waals surface area contributed by atoms with Gasteiger partial charge in [0.1, 0.15) is 0 Å². The summed E-state index contributed by atoms with van der Waals surface area (Å²) in [4.78, 5) is 0. The highest BCUT2D eigenvalue weighted by atomic mass is 16.5. The predicted octanol–water partition coefficient (Wildman–Crippen LogP) is 2.44. The number of aryl methyl sites for hydroxylation is 1. The highest BCUT2D eigenvalue weighted by Gasteiger charge is 2.34. The molecule has 2 aliphatic rings. The van der Waals surface area contributed by atoms with E-state index < -0.39 is 0 Å². The van der Waals surface area contributed by atoms with E-state index in [9.17, 15) is 0 Å². The van der Waals surface area contributed by atoms with Crippen molar-refractivity contribution < 1.29 is 4.74 Å². The SMILES string of the molecule is NC1(CC2CCCO2)CCc2ccccc2C1. The van der Waals surface area contributed by atoms with Crippen LogP contribution in [0.4, 0.5) is 0 Å². The third-order valence-electron chi connectivity index (χ3n) is 4.21. The van der Waals surface area contributed by atoms with Crippen molar-refractivity contribution in [3.05, 3.63) is 35.4 Å². The maximum atomic E-state index is 6.57. The van der Waals surface area contributed by atoms with Crippen LogP contribution in [0.25, 0.3) is 0 Å². The quantitative estimate of drug-likeness (QED) is 0.848. The highest BCUT2D eigenvalue weighted by molar-refractivity contribution is 5.32. The van der Waals surface area contributed by atoms with Crippen molar-refractivity contribution in [3.8, 4) is 0 Å². The van der Waals surface area contributed by atoms with Crippen molar-refractivity contribution in [2.24, 2.45) is 5.73 Å². The van der Waals surface area contributed by atoms with Crippen LogP contribution in [0.5, 0.6) is 0 Å². The van der Waals surface area contributed by atoms with E-state index in [0.717, 1.165) is 32.3 Å². The van der Waals surface area contributed by atoms with Crippen molar-refractivity contribution in [1.29, 1.82) is 0 Å². The molecule has 2 unspecified atom stereocenters. The fourth-order valence-electron chi connectivity index (χ4n) is 3.26. The number of ether oxygens (including phenoxy) is 1. The van der Waals surface area contributed by atoms with Gasteiger partial charge in [-0.15, -0.1) is 0 Å². The van der Waals surface area contributed by atoms with E-state index in [1.807, 2.05) is 0 Å². The van der Waals surface area contributed by atoms with E-state index in [0.29, 0.717) is 6.10 Å². The van der Waals surface area contributed by atoms with Crippen LogP contribution in [-0.2, 0) is 17.6 Å². The largest absolute Gasteiger partial charge is 0.378 e. The fraction of sp³-hybridized carbons (Fsp3) is 0.600. The van der Waals surface area contributed by atoms with Gasteiger partial charge in [0.2, 0.25) is 0 Å². The van der Waals surface area contributed by atoms with Crippen molar-refractivity contribution in [3.63, 3.8) is 0 Å². The zero-order valence-corrected chi connectivity index (χ0v) is 10.3. The summed E-state index contributed by atoms with van der Waals surface area (Å²) in [6.07, 6.45) is 7.08. The molecule has 2 heteroatoms. The molecule has 3 rings (SSSR count). The zero-order chi connectivity index (χ0) is 11.7. The molecule has 0 amide bonds. The van der Waals surface area contributed by atoms with Gasteiger partial charge < -0.3 is 10.5 Å². The summed E-state index contributed by atoms with van der Waals surface area (Å²) >= 11 is 0. The summed E-state index contributed by atoms with van der Waals surface area (Å²) in [6.45, 7) is 0.928. The lowest BCUT2D eigenvalue weighted by molar-refractivity contribution is 0.0799. The zero-order valence-electron chi connectivity index (χ0n) is 10.3. The molecule has 1 heterocycles. The van der Waals surface area contributed by atoms with Crippen LogP contribution < -0.4 is 5.73 Å². The Bertz CT molecular complexity index is 398. The monoisotopic (exact) mass is 231 g/mol. The van der Waals surface area contributed by atoms with E-state index >= 15 is 0 Å². The van der Waals surface area contributed by atoms with Crippen LogP contribution in [0.1, 0.15) is 36.8 Å². The standard InChI is InChI=1S/C15H21NO/c16-15(11-14-6-3-9-17-14)8-7-12-4-1-2-5-13(12)10-15/h1-2,4-5,14H,3,6-11,16H2. The van der Waals surface area contributed by atoms with Gasteiger partial charge in [-0.2, -0.15) is 0 Å². The molecular formula is C15H21NO. The third-order valence-corrected chi connectivity index (χ3v) is 4.21. The smallest absolute Gasteiger partial charge is 0.0593 e. The Morgan fingerprint density at radius 3 is 2.88 bits per heavy atom. The van der Waals surface area contributed by atoms with Crippen LogP contribution in [-0.4, -0.2) is 18.2 Å². The highest BCUT2D eigenvalue weighted by Crippen LogP contribution is 2.32. The second kappa shape index (κ2) is 4.43. The molecule has 0 spiro atoms. The molecule has 1 fully saturated rings. The summed E-state index contributed by atoms with van der Waals surface area (Å²) in [5, 5.41) is 0. The average Bonchev–Trinajstić information content (AvgIpc) is 2.81. The minimum atomic E-state index is -0.0383. The first-order valence-corrected chi connectivity index (χ1v) is 6.72. The van der Waals surface area contributed by atoms with Crippen molar-refractivity contribution in [2.75, 3.05) is 6.61 Å². The third kappa shape index (κ3) is 2.38. The average molecular weight is 231 g/mol. The number of rotatable bonds is 2. The molecule has 1 aliphatic heterocycles. The van der Waals surface area contributed by atoms with Gasteiger partial charge in [-0.05, 0) is 49.7 Å². The van der Waals surface area contributed by atoms with Gasteiger partial charge in [0, 0.05) is 12.1 Å². The first kappa shape index (κ1) is 11.2. The molecule has 2 nitrogen and oxygen atoms in total. The lowest BCUT2D eigenvalue weighted by atomic mass is 9.75. The molecule has 1 aromatic carbocycles. The Kier molecular flexibility index (Phi) is 2.93. The van der Waals surface area contributed by atoms with Gasteiger partial charge in [0.05, 0.1) is 6.10 Å². The van der Waals surface area contributed by atoms with Gasteiger partial charge in [-0.3, -0.25) is 0 Å². The van der Waals surface area contributed by atoms with E-state index in [1.165, 1.54) is 24.0 Å². The Morgan fingerprint density at radius 2 is 2.12 bits per heavy atom. The molecule has 2 N–H and O–H groups in total. The second-order valence-electron chi connectivity index (χ2n) is 5.65. The maximum absolute atomic E-state index is 6.57. The second-order valence-corrected chi connectivity index (χ2v) is 5.65. The normalized spacial score (nSPS) is 32.4. The summed E-state index contributed by atoms with van der Waals surface area (Å²) in [7, 11) is 0. The first-order valence-electron chi connectivity index (χ1n) is 6.72. The topological polar surface area (TPSA) is 35.2 Å². The van der Waals surface area contributed by atoms with Gasteiger partial charge in [-0.1, -0.05) is 24.3 Å². The Balaban J connectivity index is 1.73. The maximum Gasteiger partial charge on any atom is 0.0593 e. The molecule has 1 aromatic rings. The molecule has 0 bridgehead atoms. The fourth-order valence-corrected chi connectivity index (χ4v) is 3.26. The predicted molar refractivity (Wildman–Crippen MR) is 69.0 cm³/mol. The Hall–Kier alpha value is -0.860. The van der Waals surface area contributed by atoms with Crippen LogP contribution in [0, 0.1) is 0 Å². The summed E-state index contributed by atoms with van der Waals surface area (Å²) in [6, 6.07) is 8.71. The molecular weight excluding hydrogens is 210 g/mol. The van der Waals surface area contributed by atoms with Crippen LogP contribution in [0.3, 0.4) is 0 Å². The minimum Gasteiger partial charge on any atom is -0.378 e.